The molecule has 2 aliphatic rings. The van der Waals surface area contributed by atoms with Crippen LogP contribution in [-0.4, -0.2) is 63.7 Å². The molecule has 3 aromatic rings. The van der Waals surface area contributed by atoms with Gasteiger partial charge in [0.25, 0.3) is 0 Å². The predicted octanol–water partition coefficient (Wildman–Crippen LogP) is 6.55. The van der Waals surface area contributed by atoms with E-state index in [9.17, 15) is 9.90 Å². The molecular weight excluding hydrogens is 556 g/mol. The quantitative estimate of drug-likeness (QED) is 0.207. The number of carbonyl (C=O) groups is 1. The molecule has 0 aliphatic carbocycles. The van der Waals surface area contributed by atoms with Crippen molar-refractivity contribution in [2.24, 2.45) is 0 Å². The molecule has 1 fully saturated rings. The summed E-state index contributed by atoms with van der Waals surface area (Å²) < 4.78 is 19.1. The highest BCUT2D eigenvalue weighted by molar-refractivity contribution is 5.90. The number of benzene rings is 1. The first-order chi connectivity index (χ1) is 21.1. The van der Waals surface area contributed by atoms with Crippen molar-refractivity contribution < 1.29 is 24.1 Å². The van der Waals surface area contributed by atoms with Crippen molar-refractivity contribution in [1.29, 1.82) is 0 Å². The molecule has 0 saturated carbocycles. The number of fused-ring (bicyclic) bond motifs is 1. The standard InChI is InChI=1S/C35H44N4O5/c1-7-10-27(30-12-8-13-31(37-30)39-33(42-6)28(18-36-39)34(40)41)32(23(2)3)44-20-24-14-15-25-19-38(26-11-9-16-43-21-26)22-35(4,5)29(25)17-24/h8,10,12-15,17-18,26H,7,9,11,16,19-22H2,1-6H3,(H,40,41)/b27-10-. The number of hydrogen-bond acceptors (Lipinski definition) is 7. The third-order valence-electron chi connectivity index (χ3n) is 8.39. The van der Waals surface area contributed by atoms with Gasteiger partial charge < -0.3 is 19.3 Å². The summed E-state index contributed by atoms with van der Waals surface area (Å²) in [7, 11) is 1.42. The summed E-state index contributed by atoms with van der Waals surface area (Å²) in [5.41, 5.74) is 6.50. The van der Waals surface area contributed by atoms with Gasteiger partial charge in [-0.2, -0.15) is 9.78 Å². The Kier molecular flexibility index (Phi) is 9.56. The summed E-state index contributed by atoms with van der Waals surface area (Å²) in [6.07, 6.45) is 6.49. The molecule has 1 N–H and O–H groups in total. The predicted molar refractivity (Wildman–Crippen MR) is 170 cm³/mol. The van der Waals surface area contributed by atoms with Crippen LogP contribution in [0, 0.1) is 0 Å². The first kappa shape index (κ1) is 31.5. The third-order valence-corrected chi connectivity index (χ3v) is 8.39. The number of rotatable bonds is 10. The molecular formula is C35H44N4O5. The van der Waals surface area contributed by atoms with Crippen molar-refractivity contribution in [3.63, 3.8) is 0 Å². The lowest BCUT2D eigenvalue weighted by molar-refractivity contribution is 0.00314. The molecule has 0 radical (unpaired) electrons. The Hall–Kier alpha value is -3.95. The highest BCUT2D eigenvalue weighted by atomic mass is 16.5. The van der Waals surface area contributed by atoms with Crippen LogP contribution < -0.4 is 4.74 Å². The van der Waals surface area contributed by atoms with Crippen molar-refractivity contribution >= 4 is 11.5 Å². The summed E-state index contributed by atoms with van der Waals surface area (Å²) >= 11 is 0. The van der Waals surface area contributed by atoms with Gasteiger partial charge in [-0.1, -0.05) is 51.1 Å². The second-order valence-electron chi connectivity index (χ2n) is 12.5. The molecule has 234 valence electrons. The first-order valence-corrected chi connectivity index (χ1v) is 15.4. The molecule has 1 aromatic carbocycles. The van der Waals surface area contributed by atoms with Gasteiger partial charge in [0.05, 0.1) is 25.6 Å². The Balaban J connectivity index is 1.38. The number of aromatic carboxylic acids is 1. The van der Waals surface area contributed by atoms with Gasteiger partial charge >= 0.3 is 5.97 Å². The number of ether oxygens (including phenoxy) is 3. The van der Waals surface area contributed by atoms with E-state index in [4.69, 9.17) is 19.2 Å². The lowest BCUT2D eigenvalue weighted by Crippen LogP contribution is -2.49. The van der Waals surface area contributed by atoms with Crippen LogP contribution in [0.1, 0.15) is 86.6 Å². The minimum absolute atomic E-state index is 0.0199. The van der Waals surface area contributed by atoms with Crippen LogP contribution >= 0.6 is 0 Å². The lowest BCUT2D eigenvalue weighted by atomic mass is 9.77. The van der Waals surface area contributed by atoms with Gasteiger partial charge in [0.15, 0.2) is 5.82 Å². The average molecular weight is 601 g/mol. The molecule has 2 aromatic heterocycles. The third kappa shape index (κ3) is 6.59. The molecule has 0 spiro atoms. The van der Waals surface area contributed by atoms with Gasteiger partial charge in [-0.15, -0.1) is 0 Å². The second-order valence-corrected chi connectivity index (χ2v) is 12.5. The Bertz CT molecular complexity index is 1560. The van der Waals surface area contributed by atoms with Gasteiger partial charge in [0.1, 0.15) is 17.9 Å². The van der Waals surface area contributed by atoms with E-state index in [2.05, 4.69) is 55.0 Å². The number of methoxy groups -OCH3 is 1. The zero-order chi connectivity index (χ0) is 31.4. The van der Waals surface area contributed by atoms with Gasteiger partial charge in [0.2, 0.25) is 5.88 Å². The molecule has 2 aliphatic heterocycles. The first-order valence-electron chi connectivity index (χ1n) is 15.4. The molecule has 9 nitrogen and oxygen atoms in total. The van der Waals surface area contributed by atoms with E-state index < -0.39 is 5.97 Å². The van der Waals surface area contributed by atoms with E-state index >= 15 is 0 Å². The number of aromatic nitrogens is 3. The van der Waals surface area contributed by atoms with E-state index in [1.165, 1.54) is 35.5 Å². The van der Waals surface area contributed by atoms with E-state index in [-0.39, 0.29) is 16.9 Å². The minimum atomic E-state index is -1.11. The Morgan fingerprint density at radius 1 is 1.23 bits per heavy atom. The van der Waals surface area contributed by atoms with Crippen LogP contribution in [0.5, 0.6) is 5.88 Å². The Morgan fingerprint density at radius 2 is 2.05 bits per heavy atom. The van der Waals surface area contributed by atoms with Gasteiger partial charge in [-0.05, 0) is 67.5 Å². The fraction of sp³-hybridized carbons (Fsp3) is 0.457. The number of nitrogens with zero attached hydrogens (tertiary/aromatic N) is 4. The molecule has 0 bridgehead atoms. The van der Waals surface area contributed by atoms with Crippen molar-refractivity contribution in [2.45, 2.75) is 78.5 Å². The molecule has 5 rings (SSSR count). The molecule has 4 heterocycles. The fourth-order valence-electron chi connectivity index (χ4n) is 6.32. The van der Waals surface area contributed by atoms with E-state index in [0.29, 0.717) is 24.2 Å². The maximum absolute atomic E-state index is 11.6. The maximum atomic E-state index is 11.6. The lowest BCUT2D eigenvalue weighted by Gasteiger charge is -2.44. The summed E-state index contributed by atoms with van der Waals surface area (Å²) in [4.78, 5) is 19.1. The van der Waals surface area contributed by atoms with Gasteiger partial charge in [-0.25, -0.2) is 9.78 Å². The molecule has 44 heavy (non-hydrogen) atoms. The smallest absolute Gasteiger partial charge is 0.342 e. The largest absolute Gasteiger partial charge is 0.488 e. The summed E-state index contributed by atoms with van der Waals surface area (Å²) in [6.45, 7) is 14.9. The van der Waals surface area contributed by atoms with Crippen LogP contribution in [-0.2, 0) is 28.0 Å². The zero-order valence-electron chi connectivity index (χ0n) is 26.7. The summed E-state index contributed by atoms with van der Waals surface area (Å²) in [5.74, 6) is 0.230. The number of allylic oxidation sites excluding steroid dienone is 3. The van der Waals surface area contributed by atoms with Crippen LogP contribution in [0.3, 0.4) is 0 Å². The van der Waals surface area contributed by atoms with E-state index in [0.717, 1.165) is 61.6 Å². The molecule has 1 atom stereocenters. The normalized spacial score (nSPS) is 18.4. The Morgan fingerprint density at radius 3 is 2.73 bits per heavy atom. The zero-order valence-corrected chi connectivity index (χ0v) is 26.7. The Labute approximate surface area is 260 Å². The average Bonchev–Trinajstić information content (AvgIpc) is 3.46. The van der Waals surface area contributed by atoms with Crippen molar-refractivity contribution in [2.75, 3.05) is 26.9 Å². The van der Waals surface area contributed by atoms with Crippen LogP contribution in [0.2, 0.25) is 0 Å². The molecule has 9 heteroatoms. The highest BCUT2D eigenvalue weighted by Gasteiger charge is 2.35. The fourth-order valence-corrected chi connectivity index (χ4v) is 6.32. The van der Waals surface area contributed by atoms with Crippen LogP contribution in [0.15, 0.2) is 60.0 Å². The van der Waals surface area contributed by atoms with Gasteiger partial charge in [0, 0.05) is 36.7 Å². The topological polar surface area (TPSA) is 98.9 Å². The van der Waals surface area contributed by atoms with E-state index in [1.54, 1.807) is 6.07 Å². The number of carboxylic acids is 1. The number of pyridine rings is 1. The molecule has 1 saturated heterocycles. The SMILES string of the molecule is CC/C=C(\C(OCc1ccc2c(c1)C(C)(C)CN(C1CCCOC1)C2)=C(C)C)c1cccc(-n2ncc(C(=O)O)c2OC)n1. The number of carboxylic acid groups (broad SMARTS) is 1. The van der Waals surface area contributed by atoms with Gasteiger partial charge in [-0.3, -0.25) is 4.90 Å². The van der Waals surface area contributed by atoms with E-state index in [1.807, 2.05) is 26.0 Å². The number of hydrogen-bond donors (Lipinski definition) is 1. The monoisotopic (exact) mass is 600 g/mol. The highest BCUT2D eigenvalue weighted by Crippen LogP contribution is 2.37. The van der Waals surface area contributed by atoms with Crippen molar-refractivity contribution in [3.05, 3.63) is 88.0 Å². The van der Waals surface area contributed by atoms with Crippen molar-refractivity contribution in [1.82, 2.24) is 19.7 Å². The van der Waals surface area contributed by atoms with Crippen LogP contribution in [0.25, 0.3) is 11.4 Å². The molecule has 0 amide bonds. The second kappa shape index (κ2) is 13.4. The summed E-state index contributed by atoms with van der Waals surface area (Å²) in [5, 5.41) is 13.8. The summed E-state index contributed by atoms with van der Waals surface area (Å²) in [6, 6.07) is 12.8. The minimum Gasteiger partial charge on any atom is -0.488 e. The molecule has 1 unspecified atom stereocenters. The van der Waals surface area contributed by atoms with Crippen molar-refractivity contribution in [3.8, 4) is 11.7 Å². The maximum Gasteiger partial charge on any atom is 0.342 e. The van der Waals surface area contributed by atoms with Crippen LogP contribution in [0.4, 0.5) is 0 Å².